The van der Waals surface area contributed by atoms with Crippen molar-refractivity contribution in [1.29, 1.82) is 0 Å². The molecule has 0 saturated heterocycles. The number of nitrogens with one attached hydrogen (secondary N) is 1. The Morgan fingerprint density at radius 1 is 0.938 bits per heavy atom. The summed E-state index contributed by atoms with van der Waals surface area (Å²) in [5.41, 5.74) is 1.33. The normalized spacial score (nSPS) is 18.9. The van der Waals surface area contributed by atoms with E-state index in [1.165, 1.54) is 24.3 Å². The second kappa shape index (κ2) is 9.04. The third-order valence-corrected chi connectivity index (χ3v) is 9.23. The standard InChI is InChI=1S/C23H28NO6PS/c1-16(2)29-31(26,30-17(3)4)23(15-14-22(25)20-8-6-7-9-21(20)23)24-32(27,28)19-12-10-18(5)11-13-19/h6-17,24H,1-5H3. The van der Waals surface area contributed by atoms with Gasteiger partial charge in [-0.25, -0.2) is 8.42 Å². The summed E-state index contributed by atoms with van der Waals surface area (Å²) in [4.78, 5) is 12.6. The number of fused-ring (bicyclic) bond motifs is 1. The fourth-order valence-electron chi connectivity index (χ4n) is 3.52. The van der Waals surface area contributed by atoms with E-state index >= 15 is 0 Å². The Morgan fingerprint density at radius 3 is 2.06 bits per heavy atom. The average molecular weight is 478 g/mol. The van der Waals surface area contributed by atoms with Gasteiger partial charge in [0.05, 0.1) is 17.1 Å². The summed E-state index contributed by atoms with van der Waals surface area (Å²) in [6, 6.07) is 12.7. The molecule has 0 bridgehead atoms. The Labute approximate surface area is 189 Å². The first-order valence-corrected chi connectivity index (χ1v) is 13.3. The molecule has 1 aliphatic rings. The van der Waals surface area contributed by atoms with Gasteiger partial charge in [-0.2, -0.15) is 4.72 Å². The first-order chi connectivity index (χ1) is 14.9. The first kappa shape index (κ1) is 24.6. The van der Waals surface area contributed by atoms with Crippen molar-refractivity contribution in [2.75, 3.05) is 0 Å². The quantitative estimate of drug-likeness (QED) is 0.542. The molecule has 0 spiro atoms. The van der Waals surface area contributed by atoms with E-state index in [-0.39, 0.29) is 21.8 Å². The molecule has 0 aromatic heterocycles. The Hall–Kier alpha value is -2.09. The van der Waals surface area contributed by atoms with E-state index in [0.29, 0.717) is 0 Å². The van der Waals surface area contributed by atoms with Gasteiger partial charge in [-0.3, -0.25) is 9.36 Å². The van der Waals surface area contributed by atoms with Crippen LogP contribution in [0.4, 0.5) is 0 Å². The zero-order chi connectivity index (χ0) is 23.7. The Morgan fingerprint density at radius 2 is 1.50 bits per heavy atom. The van der Waals surface area contributed by atoms with Crippen LogP contribution in [-0.4, -0.2) is 26.4 Å². The van der Waals surface area contributed by atoms with Crippen LogP contribution in [-0.2, 0) is 28.9 Å². The highest BCUT2D eigenvalue weighted by Gasteiger charge is 2.57. The van der Waals surface area contributed by atoms with E-state index in [4.69, 9.17) is 9.05 Å². The van der Waals surface area contributed by atoms with Gasteiger partial charge in [-0.05, 0) is 58.9 Å². The maximum atomic E-state index is 14.4. The van der Waals surface area contributed by atoms with Crippen molar-refractivity contribution in [1.82, 2.24) is 4.72 Å². The zero-order valence-electron chi connectivity index (χ0n) is 18.7. The number of ketones is 1. The predicted molar refractivity (Wildman–Crippen MR) is 123 cm³/mol. The molecule has 2 aromatic carbocycles. The van der Waals surface area contributed by atoms with E-state index < -0.39 is 35.1 Å². The smallest absolute Gasteiger partial charge is 0.304 e. The summed E-state index contributed by atoms with van der Waals surface area (Å²) in [6.45, 7) is 8.58. The molecule has 1 unspecified atom stereocenters. The predicted octanol–water partition coefficient (Wildman–Crippen LogP) is 4.92. The lowest BCUT2D eigenvalue weighted by Gasteiger charge is -2.41. The second-order valence-electron chi connectivity index (χ2n) is 8.23. The molecule has 0 heterocycles. The molecule has 1 N–H and O–H groups in total. The van der Waals surface area contributed by atoms with Crippen molar-refractivity contribution < 1.29 is 26.8 Å². The summed E-state index contributed by atoms with van der Waals surface area (Å²) >= 11 is 0. The molecule has 2 aromatic rings. The molecule has 1 aliphatic carbocycles. The van der Waals surface area contributed by atoms with Crippen molar-refractivity contribution in [3.05, 3.63) is 77.4 Å². The van der Waals surface area contributed by atoms with Gasteiger partial charge in [0, 0.05) is 11.1 Å². The fourth-order valence-corrected chi connectivity index (χ4v) is 7.76. The summed E-state index contributed by atoms with van der Waals surface area (Å²) in [6.07, 6.45) is 1.41. The number of hydrogen-bond donors (Lipinski definition) is 1. The van der Waals surface area contributed by atoms with Gasteiger partial charge in [0.15, 0.2) is 11.1 Å². The maximum Gasteiger partial charge on any atom is 0.360 e. The summed E-state index contributed by atoms with van der Waals surface area (Å²) < 4.78 is 55.6. The number of carbonyl (C=O) groups excluding carboxylic acids is 1. The lowest BCUT2D eigenvalue weighted by molar-refractivity contribution is 0.103. The molecule has 32 heavy (non-hydrogen) atoms. The molecular formula is C23H28NO6PS. The molecule has 1 atom stereocenters. The third kappa shape index (κ3) is 4.65. The van der Waals surface area contributed by atoms with Gasteiger partial charge < -0.3 is 9.05 Å². The van der Waals surface area contributed by atoms with Crippen LogP contribution in [0.1, 0.15) is 49.2 Å². The minimum Gasteiger partial charge on any atom is -0.304 e. The topological polar surface area (TPSA) is 98.8 Å². The third-order valence-electron chi connectivity index (χ3n) is 4.83. The molecule has 0 amide bonds. The number of hydrogen-bond acceptors (Lipinski definition) is 6. The highest BCUT2D eigenvalue weighted by atomic mass is 32.2. The van der Waals surface area contributed by atoms with Gasteiger partial charge in [-0.15, -0.1) is 0 Å². The van der Waals surface area contributed by atoms with Crippen LogP contribution >= 0.6 is 7.60 Å². The van der Waals surface area contributed by atoms with Crippen LogP contribution in [0.15, 0.2) is 65.6 Å². The number of rotatable bonds is 8. The Balaban J connectivity index is 2.30. The van der Waals surface area contributed by atoms with E-state index in [1.54, 1.807) is 64.1 Å². The Kier molecular flexibility index (Phi) is 6.94. The molecule has 9 heteroatoms. The zero-order valence-corrected chi connectivity index (χ0v) is 20.4. The summed E-state index contributed by atoms with van der Waals surface area (Å²) in [7, 11) is -8.45. The van der Waals surface area contributed by atoms with Gasteiger partial charge in [-0.1, -0.05) is 42.0 Å². The largest absolute Gasteiger partial charge is 0.360 e. The monoisotopic (exact) mass is 477 g/mol. The van der Waals surface area contributed by atoms with Gasteiger partial charge in [0.25, 0.3) is 0 Å². The average Bonchev–Trinajstić information content (AvgIpc) is 2.69. The lowest BCUT2D eigenvalue weighted by atomic mass is 9.92. The number of carbonyl (C=O) groups is 1. The number of benzene rings is 2. The van der Waals surface area contributed by atoms with Crippen molar-refractivity contribution in [2.24, 2.45) is 0 Å². The molecule has 0 aliphatic heterocycles. The molecule has 7 nitrogen and oxygen atoms in total. The SMILES string of the molecule is Cc1ccc(S(=O)(=O)NC2(P(=O)(OC(C)C)OC(C)C)C=CC(=O)c3ccccc32)cc1. The maximum absolute atomic E-state index is 14.4. The van der Waals surface area contributed by atoms with E-state index in [2.05, 4.69) is 4.72 Å². The van der Waals surface area contributed by atoms with Crippen molar-refractivity contribution in [3.8, 4) is 0 Å². The van der Waals surface area contributed by atoms with Crippen LogP contribution in [0, 0.1) is 6.92 Å². The second-order valence-corrected chi connectivity index (χ2v) is 12.0. The van der Waals surface area contributed by atoms with Gasteiger partial charge in [0.1, 0.15) is 0 Å². The minimum atomic E-state index is -4.25. The summed E-state index contributed by atoms with van der Waals surface area (Å²) in [5.74, 6) is -0.327. The molecule has 0 radical (unpaired) electrons. The molecular weight excluding hydrogens is 449 g/mol. The van der Waals surface area contributed by atoms with Crippen LogP contribution in [0.2, 0.25) is 0 Å². The number of sulfonamides is 1. The Bertz CT molecular complexity index is 1170. The van der Waals surface area contributed by atoms with Crippen molar-refractivity contribution in [3.63, 3.8) is 0 Å². The van der Waals surface area contributed by atoms with Gasteiger partial charge in [0.2, 0.25) is 10.0 Å². The van der Waals surface area contributed by atoms with Crippen LogP contribution in [0.3, 0.4) is 0 Å². The minimum absolute atomic E-state index is 0.00843. The van der Waals surface area contributed by atoms with Crippen molar-refractivity contribution in [2.45, 2.75) is 57.0 Å². The first-order valence-electron chi connectivity index (χ1n) is 10.3. The fraction of sp³-hybridized carbons (Fsp3) is 0.348. The molecule has 3 rings (SSSR count). The highest BCUT2D eigenvalue weighted by molar-refractivity contribution is 7.90. The summed E-state index contributed by atoms with van der Waals surface area (Å²) in [5, 5.41) is -1.93. The van der Waals surface area contributed by atoms with Crippen LogP contribution in [0.5, 0.6) is 0 Å². The van der Waals surface area contributed by atoms with E-state index in [1.807, 2.05) is 6.92 Å². The number of aryl methyl sites for hydroxylation is 1. The van der Waals surface area contributed by atoms with Crippen LogP contribution in [0.25, 0.3) is 0 Å². The highest BCUT2D eigenvalue weighted by Crippen LogP contribution is 2.67. The van der Waals surface area contributed by atoms with Crippen LogP contribution < -0.4 is 4.72 Å². The number of allylic oxidation sites excluding steroid dienone is 1. The van der Waals surface area contributed by atoms with E-state index in [9.17, 15) is 17.8 Å². The lowest BCUT2D eigenvalue weighted by Crippen LogP contribution is -2.47. The van der Waals surface area contributed by atoms with Gasteiger partial charge >= 0.3 is 7.60 Å². The molecule has 0 saturated carbocycles. The van der Waals surface area contributed by atoms with E-state index in [0.717, 1.165) is 5.56 Å². The molecule has 172 valence electrons. The van der Waals surface area contributed by atoms with Crippen molar-refractivity contribution >= 4 is 23.4 Å². The molecule has 0 fully saturated rings.